The van der Waals surface area contributed by atoms with Crippen molar-refractivity contribution in [2.45, 2.75) is 95.3 Å². The van der Waals surface area contributed by atoms with Crippen molar-refractivity contribution in [1.82, 2.24) is 20.1 Å². The Morgan fingerprint density at radius 1 is 0.962 bits per heavy atom. The molecule has 3 saturated heterocycles. The van der Waals surface area contributed by atoms with Crippen LogP contribution in [0.5, 0.6) is 11.6 Å². The van der Waals surface area contributed by atoms with Gasteiger partial charge in [0.1, 0.15) is 24.1 Å². The number of anilines is 3. The number of benzene rings is 1. The molecule has 1 amide bonds. The van der Waals surface area contributed by atoms with Gasteiger partial charge in [-0.15, -0.1) is 10.2 Å². The van der Waals surface area contributed by atoms with Crippen LogP contribution in [0.3, 0.4) is 0 Å². The summed E-state index contributed by atoms with van der Waals surface area (Å²) in [5.41, 5.74) is 8.96. The molecule has 2 aromatic heterocycles. The van der Waals surface area contributed by atoms with E-state index in [-0.39, 0.29) is 43.1 Å². The lowest BCUT2D eigenvalue weighted by Crippen LogP contribution is -2.54. The standard InChI is InChI=1S/C39H49N7O7/c1-5-18-49-38(48)52-34-9-7-6-8-31(34)32-22-33(36(40)43-42-32)45-23-26-10-11-27(24-45)46(26)25-12-15-41-35(19-25)51-30-20-29(21-30)50-28-13-16-44(17-14-28)37(47)53-39(2,3)4/h5-9,12,15,19,22,26-30H,1,10-11,13-14,16-18,20-21,23-24H2,2-4H3,(H2,40,43)/t26-,27-,29?,30?/m1/s1. The maximum absolute atomic E-state index is 12.4. The van der Waals surface area contributed by atoms with Gasteiger partial charge in [0.25, 0.3) is 0 Å². The summed E-state index contributed by atoms with van der Waals surface area (Å²) in [6.45, 7) is 12.1. The van der Waals surface area contributed by atoms with Crippen molar-refractivity contribution in [3.63, 3.8) is 0 Å². The van der Waals surface area contributed by atoms with Gasteiger partial charge in [-0.05, 0) is 70.7 Å². The second-order valence-corrected chi connectivity index (χ2v) is 15.1. The van der Waals surface area contributed by atoms with Crippen LogP contribution in [0.1, 0.15) is 59.3 Å². The normalized spacial score (nSPS) is 22.9. The maximum atomic E-state index is 12.4. The molecule has 282 valence electrons. The Morgan fingerprint density at radius 3 is 2.42 bits per heavy atom. The zero-order valence-electron chi connectivity index (χ0n) is 30.7. The number of ether oxygens (including phenoxy) is 5. The number of nitrogens with zero attached hydrogens (tertiary/aromatic N) is 6. The summed E-state index contributed by atoms with van der Waals surface area (Å²) in [5.74, 6) is 1.29. The summed E-state index contributed by atoms with van der Waals surface area (Å²) in [4.78, 5) is 35.7. The first-order valence-corrected chi connectivity index (χ1v) is 18.5. The molecule has 4 aliphatic rings. The fraction of sp³-hybridized carbons (Fsp3) is 0.513. The highest BCUT2D eigenvalue weighted by Gasteiger charge is 2.41. The monoisotopic (exact) mass is 727 g/mol. The Labute approximate surface area is 310 Å². The second-order valence-electron chi connectivity index (χ2n) is 15.1. The molecule has 1 aliphatic carbocycles. The molecule has 5 heterocycles. The van der Waals surface area contributed by atoms with E-state index in [1.54, 1.807) is 17.0 Å². The summed E-state index contributed by atoms with van der Waals surface area (Å²) in [7, 11) is 0. The van der Waals surface area contributed by atoms with Crippen molar-refractivity contribution in [3.8, 4) is 22.9 Å². The van der Waals surface area contributed by atoms with Crippen LogP contribution in [0.2, 0.25) is 0 Å². The first kappa shape index (κ1) is 36.3. The predicted octanol–water partition coefficient (Wildman–Crippen LogP) is 6.01. The van der Waals surface area contributed by atoms with Gasteiger partial charge >= 0.3 is 12.2 Å². The number of rotatable bonds is 10. The minimum atomic E-state index is -0.824. The van der Waals surface area contributed by atoms with E-state index in [1.807, 2.05) is 45.2 Å². The van der Waals surface area contributed by atoms with E-state index in [0.29, 0.717) is 41.8 Å². The zero-order valence-corrected chi connectivity index (χ0v) is 30.7. The van der Waals surface area contributed by atoms with Crippen LogP contribution in [0, 0.1) is 0 Å². The van der Waals surface area contributed by atoms with Gasteiger partial charge in [0.15, 0.2) is 5.82 Å². The Hall–Kier alpha value is -5.11. The molecular weight excluding hydrogens is 678 g/mol. The molecule has 1 saturated carbocycles. The lowest BCUT2D eigenvalue weighted by Gasteiger charge is -2.43. The Morgan fingerprint density at radius 2 is 1.70 bits per heavy atom. The van der Waals surface area contributed by atoms with Crippen LogP contribution in [0.4, 0.5) is 26.8 Å². The molecule has 1 aromatic carbocycles. The van der Waals surface area contributed by atoms with E-state index in [2.05, 4.69) is 43.7 Å². The van der Waals surface area contributed by atoms with Crippen molar-refractivity contribution in [1.29, 1.82) is 0 Å². The minimum Gasteiger partial charge on any atom is -0.474 e. The molecule has 0 radical (unpaired) electrons. The molecule has 53 heavy (non-hydrogen) atoms. The van der Waals surface area contributed by atoms with Gasteiger partial charge < -0.3 is 44.1 Å². The third-order valence-electron chi connectivity index (χ3n) is 10.1. The number of fused-ring (bicyclic) bond motifs is 2. The highest BCUT2D eigenvalue weighted by molar-refractivity contribution is 5.77. The summed E-state index contributed by atoms with van der Waals surface area (Å²) < 4.78 is 28.7. The third-order valence-corrected chi connectivity index (χ3v) is 10.1. The van der Waals surface area contributed by atoms with Crippen molar-refractivity contribution >= 4 is 29.4 Å². The Balaban J connectivity index is 0.930. The Bertz CT molecular complexity index is 1770. The molecule has 3 aromatic rings. The van der Waals surface area contributed by atoms with Crippen LogP contribution >= 0.6 is 0 Å². The summed E-state index contributed by atoms with van der Waals surface area (Å²) >= 11 is 0. The van der Waals surface area contributed by atoms with E-state index < -0.39 is 11.8 Å². The van der Waals surface area contributed by atoms with Crippen molar-refractivity contribution < 1.29 is 33.3 Å². The van der Waals surface area contributed by atoms with Gasteiger partial charge in [0.05, 0.1) is 23.6 Å². The zero-order chi connectivity index (χ0) is 37.1. The number of hydrogen-bond donors (Lipinski definition) is 1. The third kappa shape index (κ3) is 8.59. The molecule has 3 aliphatic heterocycles. The fourth-order valence-corrected chi connectivity index (χ4v) is 7.60. The van der Waals surface area contributed by atoms with E-state index in [1.165, 1.54) is 6.08 Å². The van der Waals surface area contributed by atoms with Crippen LogP contribution in [0.25, 0.3) is 11.3 Å². The number of nitrogens with two attached hydrogens (primary N) is 1. The van der Waals surface area contributed by atoms with Crippen molar-refractivity contribution in [3.05, 3.63) is 61.3 Å². The van der Waals surface area contributed by atoms with Gasteiger partial charge in [-0.2, -0.15) is 0 Å². The first-order valence-electron chi connectivity index (χ1n) is 18.5. The van der Waals surface area contributed by atoms with Crippen LogP contribution in [-0.2, 0) is 14.2 Å². The fourth-order valence-electron chi connectivity index (χ4n) is 7.60. The number of amides is 1. The number of likely N-dealkylation sites (tertiary alicyclic amines) is 1. The molecule has 2 bridgehead atoms. The quantitative estimate of drug-likeness (QED) is 0.148. The largest absolute Gasteiger partial charge is 0.514 e. The van der Waals surface area contributed by atoms with E-state index in [0.717, 1.165) is 63.0 Å². The molecule has 14 heteroatoms. The number of aromatic nitrogens is 3. The minimum absolute atomic E-state index is 0.0484. The number of pyridine rings is 1. The van der Waals surface area contributed by atoms with Gasteiger partial charge in [0.2, 0.25) is 5.88 Å². The highest BCUT2D eigenvalue weighted by atomic mass is 16.7. The topological polar surface area (TPSA) is 155 Å². The number of hydrogen-bond acceptors (Lipinski definition) is 13. The molecule has 4 fully saturated rings. The van der Waals surface area contributed by atoms with Gasteiger partial charge in [-0.1, -0.05) is 24.8 Å². The average Bonchev–Trinajstić information content (AvgIpc) is 3.38. The number of nitrogen functional groups attached to an aromatic ring is 1. The molecular formula is C39H49N7O7. The molecule has 0 spiro atoms. The highest BCUT2D eigenvalue weighted by Crippen LogP contribution is 2.40. The number of piperidine rings is 1. The summed E-state index contributed by atoms with van der Waals surface area (Å²) in [6.07, 6.45) is 7.93. The van der Waals surface area contributed by atoms with E-state index in [4.69, 9.17) is 29.4 Å². The second kappa shape index (κ2) is 15.5. The molecule has 2 atom stereocenters. The van der Waals surface area contributed by atoms with E-state index in [9.17, 15) is 9.59 Å². The van der Waals surface area contributed by atoms with Crippen LogP contribution in [0.15, 0.2) is 61.3 Å². The SMILES string of the molecule is C=CCOC(=O)Oc1ccccc1-c1cc(N2C[C@H]3CC[C@H](C2)N3c2ccnc(OC3CC(OC4CCN(C(=O)OC(C)(C)C)CC4)C3)c2)c(N)nn1. The summed E-state index contributed by atoms with van der Waals surface area (Å²) in [6, 6.07) is 13.7. The van der Waals surface area contributed by atoms with Gasteiger partial charge in [-0.25, -0.2) is 14.6 Å². The van der Waals surface area contributed by atoms with Crippen LogP contribution < -0.4 is 25.0 Å². The molecule has 14 nitrogen and oxygen atoms in total. The number of carbonyl (C=O) groups excluding carboxylic acids is 2. The van der Waals surface area contributed by atoms with Crippen LogP contribution in [-0.4, -0.2) is 101 Å². The Kier molecular flexibility index (Phi) is 10.6. The number of piperazine rings is 1. The predicted molar refractivity (Wildman–Crippen MR) is 199 cm³/mol. The smallest absolute Gasteiger partial charge is 0.474 e. The average molecular weight is 728 g/mol. The molecule has 2 N–H and O–H groups in total. The summed E-state index contributed by atoms with van der Waals surface area (Å²) in [5, 5.41) is 8.63. The van der Waals surface area contributed by atoms with Gasteiger partial charge in [0, 0.05) is 74.6 Å². The lowest BCUT2D eigenvalue weighted by molar-refractivity contribution is -0.110. The van der Waals surface area contributed by atoms with Gasteiger partial charge in [-0.3, -0.25) is 0 Å². The maximum Gasteiger partial charge on any atom is 0.514 e. The molecule has 7 rings (SSSR count). The van der Waals surface area contributed by atoms with Crippen molar-refractivity contribution in [2.75, 3.05) is 48.3 Å². The van der Waals surface area contributed by atoms with E-state index >= 15 is 0 Å². The first-order chi connectivity index (χ1) is 25.5. The number of para-hydroxylation sites is 1. The number of carbonyl (C=O) groups is 2. The lowest BCUT2D eigenvalue weighted by atomic mass is 9.91. The molecule has 0 unspecified atom stereocenters. The van der Waals surface area contributed by atoms with Crippen molar-refractivity contribution in [2.24, 2.45) is 0 Å².